The molecule has 3 rings (SSSR count). The van der Waals surface area contributed by atoms with Crippen molar-refractivity contribution in [3.8, 4) is 5.75 Å². The molecule has 1 aliphatic heterocycles. The predicted molar refractivity (Wildman–Crippen MR) is 89.6 cm³/mol. The van der Waals surface area contributed by atoms with Crippen LogP contribution in [0.25, 0.3) is 0 Å². The summed E-state index contributed by atoms with van der Waals surface area (Å²) >= 11 is 0. The zero-order valence-electron chi connectivity index (χ0n) is 13.4. The molecule has 0 unspecified atom stereocenters. The minimum atomic E-state index is -0.173. The average Bonchev–Trinajstić information content (AvgIpc) is 2.55. The molecule has 0 bridgehead atoms. The fraction of sp³-hybridized carbons (Fsp3) is 0.556. The van der Waals surface area contributed by atoms with Gasteiger partial charge in [-0.25, -0.2) is 0 Å². The highest BCUT2D eigenvalue weighted by molar-refractivity contribution is 5.97. The van der Waals surface area contributed by atoms with E-state index in [1.54, 1.807) is 18.2 Å². The minimum absolute atomic E-state index is 0.0313. The van der Waals surface area contributed by atoms with E-state index < -0.39 is 0 Å². The van der Waals surface area contributed by atoms with E-state index in [1.165, 1.54) is 32.1 Å². The molecule has 2 aliphatic rings. The Morgan fingerprint density at radius 2 is 2.09 bits per heavy atom. The highest BCUT2D eigenvalue weighted by Crippen LogP contribution is 2.31. The van der Waals surface area contributed by atoms with E-state index in [1.807, 2.05) is 0 Å². The standard InChI is InChI=1S/C18H24N2O3/c21-17(8-4-7-13-5-2-1-3-6-13)19-14-9-10-16-15(11-14)20-18(22)12-23-16/h9-11,13H,1-8,12H2,(H,19,21)(H,20,22). The van der Waals surface area contributed by atoms with Crippen molar-refractivity contribution in [3.63, 3.8) is 0 Å². The molecule has 0 atom stereocenters. The Morgan fingerprint density at radius 3 is 2.91 bits per heavy atom. The van der Waals surface area contributed by atoms with Crippen LogP contribution >= 0.6 is 0 Å². The number of amides is 2. The van der Waals surface area contributed by atoms with Gasteiger partial charge in [-0.1, -0.05) is 32.1 Å². The highest BCUT2D eigenvalue weighted by atomic mass is 16.5. The number of ether oxygens (including phenoxy) is 1. The Bertz CT molecular complexity index is 580. The molecule has 0 radical (unpaired) electrons. The average molecular weight is 316 g/mol. The van der Waals surface area contributed by atoms with Gasteiger partial charge in [-0.05, 0) is 37.0 Å². The molecule has 1 aliphatic carbocycles. The van der Waals surface area contributed by atoms with Crippen LogP contribution in [0.4, 0.5) is 11.4 Å². The predicted octanol–water partition coefficient (Wildman–Crippen LogP) is 3.71. The number of carbonyl (C=O) groups excluding carboxylic acids is 2. The lowest BCUT2D eigenvalue weighted by Crippen LogP contribution is -2.25. The Labute approximate surface area is 136 Å². The summed E-state index contributed by atoms with van der Waals surface area (Å²) < 4.78 is 5.30. The van der Waals surface area contributed by atoms with E-state index in [4.69, 9.17) is 4.74 Å². The molecule has 0 spiro atoms. The first-order valence-corrected chi connectivity index (χ1v) is 8.57. The van der Waals surface area contributed by atoms with Crippen LogP contribution in [-0.2, 0) is 9.59 Å². The number of anilines is 2. The van der Waals surface area contributed by atoms with Crippen molar-refractivity contribution in [2.24, 2.45) is 5.92 Å². The van der Waals surface area contributed by atoms with Gasteiger partial charge in [0, 0.05) is 12.1 Å². The van der Waals surface area contributed by atoms with Gasteiger partial charge in [0.05, 0.1) is 5.69 Å². The van der Waals surface area contributed by atoms with Gasteiger partial charge in [0.25, 0.3) is 5.91 Å². The second-order valence-electron chi connectivity index (χ2n) is 6.49. The maximum absolute atomic E-state index is 12.1. The normalized spacial score (nSPS) is 17.8. The van der Waals surface area contributed by atoms with Crippen molar-refractivity contribution in [2.45, 2.75) is 51.4 Å². The second kappa shape index (κ2) is 7.49. The van der Waals surface area contributed by atoms with Gasteiger partial charge >= 0.3 is 0 Å². The van der Waals surface area contributed by atoms with Crippen LogP contribution in [0.2, 0.25) is 0 Å². The molecular weight excluding hydrogens is 292 g/mol. The quantitative estimate of drug-likeness (QED) is 0.870. The molecule has 1 aromatic carbocycles. The molecule has 2 N–H and O–H groups in total. The summed E-state index contributed by atoms with van der Waals surface area (Å²) in [6.07, 6.45) is 9.37. The Kier molecular flexibility index (Phi) is 5.16. The fourth-order valence-corrected chi connectivity index (χ4v) is 3.41. The number of rotatable bonds is 5. The molecule has 1 heterocycles. The zero-order chi connectivity index (χ0) is 16.1. The van der Waals surface area contributed by atoms with Crippen LogP contribution in [0.5, 0.6) is 5.75 Å². The number of hydrogen-bond acceptors (Lipinski definition) is 3. The van der Waals surface area contributed by atoms with Crippen molar-refractivity contribution < 1.29 is 14.3 Å². The van der Waals surface area contributed by atoms with Gasteiger partial charge in [0.15, 0.2) is 6.61 Å². The first-order chi connectivity index (χ1) is 11.2. The van der Waals surface area contributed by atoms with Gasteiger partial charge in [-0.15, -0.1) is 0 Å². The maximum Gasteiger partial charge on any atom is 0.262 e. The number of benzene rings is 1. The van der Waals surface area contributed by atoms with Crippen LogP contribution in [0.15, 0.2) is 18.2 Å². The third-order valence-corrected chi connectivity index (χ3v) is 4.64. The number of fused-ring (bicyclic) bond motifs is 1. The van der Waals surface area contributed by atoms with E-state index in [2.05, 4.69) is 10.6 Å². The third-order valence-electron chi connectivity index (χ3n) is 4.64. The summed E-state index contributed by atoms with van der Waals surface area (Å²) in [6.45, 7) is 0.0415. The molecule has 1 aromatic rings. The molecule has 5 heteroatoms. The third kappa shape index (κ3) is 4.47. The molecule has 5 nitrogen and oxygen atoms in total. The molecular formula is C18H24N2O3. The fourth-order valence-electron chi connectivity index (χ4n) is 3.41. The highest BCUT2D eigenvalue weighted by Gasteiger charge is 2.17. The van der Waals surface area contributed by atoms with Crippen molar-refractivity contribution in [1.29, 1.82) is 0 Å². The molecule has 2 amide bonds. The van der Waals surface area contributed by atoms with E-state index in [0.29, 0.717) is 23.5 Å². The first-order valence-electron chi connectivity index (χ1n) is 8.57. The monoisotopic (exact) mass is 316 g/mol. The van der Waals surface area contributed by atoms with Gasteiger partial charge in [0.1, 0.15) is 5.75 Å². The number of nitrogens with one attached hydrogen (secondary N) is 2. The topological polar surface area (TPSA) is 67.4 Å². The van der Waals surface area contributed by atoms with Crippen LogP contribution < -0.4 is 15.4 Å². The van der Waals surface area contributed by atoms with Crippen LogP contribution in [0, 0.1) is 5.92 Å². The van der Waals surface area contributed by atoms with Gasteiger partial charge in [-0.2, -0.15) is 0 Å². The van der Waals surface area contributed by atoms with E-state index >= 15 is 0 Å². The molecule has 1 fully saturated rings. The molecule has 124 valence electrons. The van der Waals surface area contributed by atoms with E-state index in [0.717, 1.165) is 18.8 Å². The largest absolute Gasteiger partial charge is 0.482 e. The van der Waals surface area contributed by atoms with Crippen molar-refractivity contribution in [3.05, 3.63) is 18.2 Å². The lowest BCUT2D eigenvalue weighted by atomic mass is 9.86. The summed E-state index contributed by atoms with van der Waals surface area (Å²) in [5.41, 5.74) is 1.30. The molecule has 0 aromatic heterocycles. The van der Waals surface area contributed by atoms with Crippen molar-refractivity contribution in [2.75, 3.05) is 17.2 Å². The lowest BCUT2D eigenvalue weighted by molar-refractivity contribution is -0.118. The minimum Gasteiger partial charge on any atom is -0.482 e. The van der Waals surface area contributed by atoms with E-state index in [-0.39, 0.29) is 18.4 Å². The summed E-state index contributed by atoms with van der Waals surface area (Å²) in [4.78, 5) is 23.4. The number of carbonyl (C=O) groups is 2. The van der Waals surface area contributed by atoms with Crippen LogP contribution in [-0.4, -0.2) is 18.4 Å². The summed E-state index contributed by atoms with van der Waals surface area (Å²) in [5.74, 6) is 1.31. The molecule has 0 saturated heterocycles. The zero-order valence-corrected chi connectivity index (χ0v) is 13.4. The van der Waals surface area contributed by atoms with Gasteiger partial charge < -0.3 is 15.4 Å². The van der Waals surface area contributed by atoms with Gasteiger partial charge in [0.2, 0.25) is 5.91 Å². The van der Waals surface area contributed by atoms with Crippen LogP contribution in [0.1, 0.15) is 51.4 Å². The maximum atomic E-state index is 12.1. The Hall–Kier alpha value is -2.04. The SMILES string of the molecule is O=C(CCCC1CCCCC1)Nc1ccc2c(c1)NC(=O)CO2. The summed E-state index contributed by atoms with van der Waals surface area (Å²) in [7, 11) is 0. The summed E-state index contributed by atoms with van der Waals surface area (Å²) in [5, 5.41) is 5.64. The smallest absolute Gasteiger partial charge is 0.262 e. The molecule has 1 saturated carbocycles. The van der Waals surface area contributed by atoms with E-state index in [9.17, 15) is 9.59 Å². The first kappa shape index (κ1) is 15.8. The van der Waals surface area contributed by atoms with Crippen molar-refractivity contribution in [1.82, 2.24) is 0 Å². The number of hydrogen-bond donors (Lipinski definition) is 2. The lowest BCUT2D eigenvalue weighted by Gasteiger charge is -2.21. The van der Waals surface area contributed by atoms with Crippen LogP contribution in [0.3, 0.4) is 0 Å². The van der Waals surface area contributed by atoms with Gasteiger partial charge in [-0.3, -0.25) is 9.59 Å². The summed E-state index contributed by atoms with van der Waals surface area (Å²) in [6, 6.07) is 5.31. The van der Waals surface area contributed by atoms with Crippen molar-refractivity contribution >= 4 is 23.2 Å². The molecule has 23 heavy (non-hydrogen) atoms. The Morgan fingerprint density at radius 1 is 1.26 bits per heavy atom. The second-order valence-corrected chi connectivity index (χ2v) is 6.49. The Balaban J connectivity index is 1.46.